The van der Waals surface area contributed by atoms with E-state index in [0.29, 0.717) is 28.6 Å². The summed E-state index contributed by atoms with van der Waals surface area (Å²) in [5, 5.41) is 3.26. The fourth-order valence-electron chi connectivity index (χ4n) is 3.40. The molecule has 0 unspecified atom stereocenters. The number of anilines is 1. The summed E-state index contributed by atoms with van der Waals surface area (Å²) in [5.74, 6) is -0.149. The minimum Gasteiger partial charge on any atom is -0.497 e. The lowest BCUT2D eigenvalue weighted by atomic mass is 10.1. The number of amides is 2. The van der Waals surface area contributed by atoms with E-state index in [0.717, 1.165) is 22.5 Å². The zero-order chi connectivity index (χ0) is 25.5. The summed E-state index contributed by atoms with van der Waals surface area (Å²) in [6, 6.07) is 11.1. The van der Waals surface area contributed by atoms with Gasteiger partial charge in [-0.2, -0.15) is 0 Å². The van der Waals surface area contributed by atoms with E-state index < -0.39 is 28.5 Å². The molecule has 2 amide bonds. The van der Waals surface area contributed by atoms with Gasteiger partial charge < -0.3 is 15.0 Å². The summed E-state index contributed by atoms with van der Waals surface area (Å²) in [7, 11) is -2.24. The lowest BCUT2D eigenvalue weighted by Gasteiger charge is -2.32. The molecule has 34 heavy (non-hydrogen) atoms. The fourth-order valence-corrected chi connectivity index (χ4v) is 4.53. The van der Waals surface area contributed by atoms with Crippen LogP contribution in [0.2, 0.25) is 5.02 Å². The summed E-state index contributed by atoms with van der Waals surface area (Å²) in [5.41, 5.74) is 1.74. The van der Waals surface area contributed by atoms with Crippen molar-refractivity contribution in [2.45, 2.75) is 39.8 Å². The number of nitrogens with one attached hydrogen (secondary N) is 1. The van der Waals surface area contributed by atoms with Gasteiger partial charge in [0.25, 0.3) is 0 Å². The number of carbonyl (C=O) groups is 2. The van der Waals surface area contributed by atoms with Gasteiger partial charge in [-0.3, -0.25) is 13.9 Å². The van der Waals surface area contributed by atoms with Crippen LogP contribution in [-0.4, -0.2) is 57.6 Å². The molecule has 0 aliphatic carbocycles. The number of hydrogen-bond acceptors (Lipinski definition) is 5. The normalized spacial score (nSPS) is 12.1. The average Bonchev–Trinajstić information content (AvgIpc) is 2.79. The van der Waals surface area contributed by atoms with Crippen LogP contribution in [0.25, 0.3) is 0 Å². The Morgan fingerprint density at radius 2 is 1.79 bits per heavy atom. The van der Waals surface area contributed by atoms with Gasteiger partial charge in [-0.25, -0.2) is 8.42 Å². The molecular formula is C24H32ClN3O5S. The maximum atomic E-state index is 13.5. The van der Waals surface area contributed by atoms with E-state index in [1.807, 2.05) is 6.92 Å². The largest absolute Gasteiger partial charge is 0.497 e. The van der Waals surface area contributed by atoms with Gasteiger partial charge in [-0.05, 0) is 61.7 Å². The number of halogens is 1. The molecule has 1 N–H and O–H groups in total. The highest BCUT2D eigenvalue weighted by Gasteiger charge is 2.30. The van der Waals surface area contributed by atoms with Gasteiger partial charge in [0, 0.05) is 18.1 Å². The molecule has 0 fully saturated rings. The van der Waals surface area contributed by atoms with Gasteiger partial charge in [-0.15, -0.1) is 0 Å². The van der Waals surface area contributed by atoms with Crippen LogP contribution in [0, 0.1) is 6.92 Å². The van der Waals surface area contributed by atoms with Gasteiger partial charge in [-0.1, -0.05) is 30.7 Å². The van der Waals surface area contributed by atoms with E-state index in [9.17, 15) is 18.0 Å². The van der Waals surface area contributed by atoms with Crippen molar-refractivity contribution in [3.63, 3.8) is 0 Å². The van der Waals surface area contributed by atoms with Gasteiger partial charge in [0.1, 0.15) is 18.3 Å². The third kappa shape index (κ3) is 7.36. The van der Waals surface area contributed by atoms with Gasteiger partial charge in [0.2, 0.25) is 21.8 Å². The maximum Gasteiger partial charge on any atom is 0.244 e. The van der Waals surface area contributed by atoms with Gasteiger partial charge in [0.15, 0.2) is 0 Å². The number of methoxy groups -OCH3 is 1. The lowest BCUT2D eigenvalue weighted by Crippen LogP contribution is -2.51. The first-order chi connectivity index (χ1) is 16.0. The highest BCUT2D eigenvalue weighted by molar-refractivity contribution is 7.92. The van der Waals surface area contributed by atoms with Crippen LogP contribution in [0.1, 0.15) is 31.4 Å². The molecular weight excluding hydrogens is 478 g/mol. The molecule has 2 aromatic carbocycles. The number of carbonyl (C=O) groups excluding carboxylic acids is 2. The summed E-state index contributed by atoms with van der Waals surface area (Å²) in [6.45, 7) is 5.44. The van der Waals surface area contributed by atoms with Crippen LogP contribution >= 0.6 is 11.6 Å². The zero-order valence-corrected chi connectivity index (χ0v) is 21.7. The molecule has 0 aromatic heterocycles. The summed E-state index contributed by atoms with van der Waals surface area (Å²) in [6.07, 6.45) is 1.79. The molecule has 1 atom stereocenters. The SMILES string of the molecule is CCCNC(=O)[C@@H](C)N(Cc1ccc(OC)cc1)C(=O)CN(c1ccc(Cl)cc1C)S(C)(=O)=O. The molecule has 2 rings (SSSR count). The van der Waals surface area contributed by atoms with Crippen LogP contribution < -0.4 is 14.4 Å². The lowest BCUT2D eigenvalue weighted by molar-refractivity contribution is -0.139. The molecule has 186 valence electrons. The molecule has 8 nitrogen and oxygen atoms in total. The fraction of sp³-hybridized carbons (Fsp3) is 0.417. The van der Waals surface area contributed by atoms with Crippen molar-refractivity contribution >= 4 is 39.1 Å². The van der Waals surface area contributed by atoms with Crippen LogP contribution in [0.15, 0.2) is 42.5 Å². The smallest absolute Gasteiger partial charge is 0.244 e. The first-order valence-corrected chi connectivity index (χ1v) is 13.1. The number of nitrogens with zero attached hydrogens (tertiary/aromatic N) is 2. The van der Waals surface area contributed by atoms with Crippen LogP contribution in [-0.2, 0) is 26.2 Å². The molecule has 10 heteroatoms. The van der Waals surface area contributed by atoms with E-state index in [1.165, 1.54) is 4.90 Å². The van der Waals surface area contributed by atoms with Gasteiger partial charge in [0.05, 0.1) is 19.1 Å². The Hall–Kier alpha value is -2.78. The second-order valence-corrected chi connectivity index (χ2v) is 10.4. The Kier molecular flexibility index (Phi) is 9.76. The monoisotopic (exact) mass is 509 g/mol. The standard InChI is InChI=1S/C24H32ClN3O5S/c1-6-13-26-24(30)18(3)27(15-19-7-10-21(33-4)11-8-19)23(29)16-28(34(5,31)32)22-12-9-20(25)14-17(22)2/h7-12,14,18H,6,13,15-16H2,1-5H3,(H,26,30)/t18-/m1/s1. The Morgan fingerprint density at radius 3 is 2.32 bits per heavy atom. The molecule has 0 saturated heterocycles. The Labute approximate surface area is 206 Å². The predicted octanol–water partition coefficient (Wildman–Crippen LogP) is 3.37. The highest BCUT2D eigenvalue weighted by Crippen LogP contribution is 2.26. The third-order valence-corrected chi connectivity index (χ3v) is 6.70. The molecule has 0 aliphatic rings. The van der Waals surface area contributed by atoms with Crippen molar-refractivity contribution in [2.75, 3.05) is 30.8 Å². The third-order valence-electron chi connectivity index (χ3n) is 5.34. The molecule has 0 radical (unpaired) electrons. The molecule has 0 spiro atoms. The van der Waals surface area contributed by atoms with E-state index >= 15 is 0 Å². The second kappa shape index (κ2) is 12.1. The van der Waals surface area contributed by atoms with E-state index in [4.69, 9.17) is 16.3 Å². The van der Waals surface area contributed by atoms with Crippen LogP contribution in [0.4, 0.5) is 5.69 Å². The summed E-state index contributed by atoms with van der Waals surface area (Å²) in [4.78, 5) is 27.6. The van der Waals surface area contributed by atoms with Crippen molar-refractivity contribution < 1.29 is 22.7 Å². The van der Waals surface area contributed by atoms with E-state index in [2.05, 4.69) is 5.32 Å². The van der Waals surface area contributed by atoms with Crippen molar-refractivity contribution in [3.8, 4) is 5.75 Å². The van der Waals surface area contributed by atoms with Crippen molar-refractivity contribution in [1.29, 1.82) is 0 Å². The molecule has 0 aliphatic heterocycles. The zero-order valence-electron chi connectivity index (χ0n) is 20.2. The van der Waals surface area contributed by atoms with Crippen molar-refractivity contribution in [3.05, 3.63) is 58.6 Å². The Balaban J connectivity index is 2.39. The Morgan fingerprint density at radius 1 is 1.15 bits per heavy atom. The van der Waals surface area contributed by atoms with E-state index in [1.54, 1.807) is 63.4 Å². The minimum absolute atomic E-state index is 0.126. The summed E-state index contributed by atoms with van der Waals surface area (Å²) >= 11 is 6.03. The topological polar surface area (TPSA) is 96.0 Å². The molecule has 0 bridgehead atoms. The first kappa shape index (κ1) is 27.5. The second-order valence-electron chi connectivity index (χ2n) is 8.04. The number of benzene rings is 2. The quantitative estimate of drug-likeness (QED) is 0.501. The average molecular weight is 510 g/mol. The summed E-state index contributed by atoms with van der Waals surface area (Å²) < 4.78 is 31.5. The van der Waals surface area contributed by atoms with Gasteiger partial charge >= 0.3 is 0 Å². The van der Waals surface area contributed by atoms with Crippen molar-refractivity contribution in [2.24, 2.45) is 0 Å². The molecule has 2 aromatic rings. The number of hydrogen-bond donors (Lipinski definition) is 1. The number of rotatable bonds is 11. The number of aryl methyl sites for hydroxylation is 1. The number of ether oxygens (including phenoxy) is 1. The maximum absolute atomic E-state index is 13.5. The molecule has 0 saturated carbocycles. The Bertz CT molecular complexity index is 1110. The highest BCUT2D eigenvalue weighted by atomic mass is 35.5. The number of sulfonamides is 1. The minimum atomic E-state index is -3.80. The van der Waals surface area contributed by atoms with Crippen molar-refractivity contribution in [1.82, 2.24) is 10.2 Å². The van der Waals surface area contributed by atoms with Crippen LogP contribution in [0.5, 0.6) is 5.75 Å². The van der Waals surface area contributed by atoms with Crippen LogP contribution in [0.3, 0.4) is 0 Å². The first-order valence-electron chi connectivity index (χ1n) is 10.9. The predicted molar refractivity (Wildman–Crippen MR) is 135 cm³/mol. The molecule has 0 heterocycles. The van der Waals surface area contributed by atoms with E-state index in [-0.39, 0.29) is 12.5 Å².